The van der Waals surface area contributed by atoms with Crippen LogP contribution in [0.15, 0.2) is 54.6 Å². The molecule has 0 aliphatic heterocycles. The largest absolute Gasteiger partial charge is 0.458 e. The Balaban J connectivity index is 2.56. The van der Waals surface area contributed by atoms with Crippen LogP contribution in [0.1, 0.15) is 110 Å². The third kappa shape index (κ3) is 14.5. The highest BCUT2D eigenvalue weighted by Gasteiger charge is 2.38. The minimum atomic E-state index is -1.37. The molecular formula is C38H57N3O7. The maximum atomic E-state index is 14.5. The van der Waals surface area contributed by atoms with Crippen LogP contribution in [-0.2, 0) is 30.3 Å². The van der Waals surface area contributed by atoms with Gasteiger partial charge in [-0.3, -0.25) is 9.59 Å². The summed E-state index contributed by atoms with van der Waals surface area (Å²) in [5, 5.41) is 15.7. The van der Waals surface area contributed by atoms with Gasteiger partial charge in [-0.1, -0.05) is 99.2 Å². The predicted octanol–water partition coefficient (Wildman–Crippen LogP) is 6.18. The average molecular weight is 668 g/mol. The Kier molecular flexibility index (Phi) is 16.1. The summed E-state index contributed by atoms with van der Waals surface area (Å²) in [6, 6.07) is 13.0. The van der Waals surface area contributed by atoms with Crippen molar-refractivity contribution in [3.05, 3.63) is 71.3 Å². The Bertz CT molecular complexity index is 1320. The van der Waals surface area contributed by atoms with E-state index in [0.717, 1.165) is 43.2 Å². The van der Waals surface area contributed by atoms with Crippen LogP contribution in [0.2, 0.25) is 0 Å². The number of esters is 1. The van der Waals surface area contributed by atoms with Gasteiger partial charge < -0.3 is 30.1 Å². The molecule has 0 fully saturated rings. The Morgan fingerprint density at radius 3 is 2.00 bits per heavy atom. The first-order valence-electron chi connectivity index (χ1n) is 17.1. The molecule has 0 saturated heterocycles. The standard InChI is InChI=1S/C38H57N3O7/c1-9-10-11-12-13-17-23-41(34(44)31(26-42)40-36(46)48-38(6,7)8)32(29-22-18-19-27(2)24-29)33(43)39-30(35(45)47-37(3,4)5)25-28-20-15-14-16-21-28/h14-16,18-22,24,30-32,42H,9-13,17,23,25-26H2,1-8H3,(H,39,43)(H,40,46). The van der Waals surface area contributed by atoms with Gasteiger partial charge in [0.2, 0.25) is 11.8 Å². The van der Waals surface area contributed by atoms with Gasteiger partial charge in [0.15, 0.2) is 0 Å². The van der Waals surface area contributed by atoms with Crippen LogP contribution in [0, 0.1) is 6.92 Å². The first-order valence-corrected chi connectivity index (χ1v) is 17.1. The molecule has 48 heavy (non-hydrogen) atoms. The normalized spacial score (nSPS) is 13.5. The van der Waals surface area contributed by atoms with Gasteiger partial charge in [0.25, 0.3) is 0 Å². The number of unbranched alkanes of at least 4 members (excludes halogenated alkanes) is 5. The molecule has 0 aliphatic carbocycles. The number of benzene rings is 2. The number of carbonyl (C=O) groups excluding carboxylic acids is 4. The molecule has 0 aliphatic rings. The van der Waals surface area contributed by atoms with Crippen LogP contribution in [0.4, 0.5) is 4.79 Å². The average Bonchev–Trinajstić information content (AvgIpc) is 2.99. The van der Waals surface area contributed by atoms with E-state index in [4.69, 9.17) is 9.47 Å². The molecule has 3 atom stereocenters. The zero-order valence-corrected chi connectivity index (χ0v) is 30.1. The lowest BCUT2D eigenvalue weighted by Crippen LogP contribution is -2.56. The highest BCUT2D eigenvalue weighted by atomic mass is 16.6. The third-order valence-corrected chi connectivity index (χ3v) is 7.42. The lowest BCUT2D eigenvalue weighted by atomic mass is 9.99. The summed E-state index contributed by atoms with van der Waals surface area (Å²) in [4.78, 5) is 56.3. The number of nitrogens with zero attached hydrogens (tertiary/aromatic N) is 1. The zero-order valence-electron chi connectivity index (χ0n) is 30.1. The molecule has 3 amide bonds. The van der Waals surface area contributed by atoms with E-state index >= 15 is 0 Å². The van der Waals surface area contributed by atoms with E-state index in [-0.39, 0.29) is 13.0 Å². The number of ether oxygens (including phenoxy) is 2. The van der Waals surface area contributed by atoms with Crippen LogP contribution in [0.3, 0.4) is 0 Å². The van der Waals surface area contributed by atoms with Gasteiger partial charge in [-0.25, -0.2) is 9.59 Å². The third-order valence-electron chi connectivity index (χ3n) is 7.42. The number of aliphatic hydroxyl groups excluding tert-OH is 1. The van der Waals surface area contributed by atoms with E-state index in [0.29, 0.717) is 12.0 Å². The van der Waals surface area contributed by atoms with Gasteiger partial charge in [0.05, 0.1) is 6.61 Å². The van der Waals surface area contributed by atoms with Gasteiger partial charge in [-0.15, -0.1) is 0 Å². The zero-order chi connectivity index (χ0) is 35.9. The number of nitrogens with one attached hydrogen (secondary N) is 2. The van der Waals surface area contributed by atoms with Crippen LogP contribution in [0.25, 0.3) is 0 Å². The minimum absolute atomic E-state index is 0.173. The Morgan fingerprint density at radius 2 is 1.42 bits per heavy atom. The van der Waals surface area contributed by atoms with Gasteiger partial charge in [0, 0.05) is 13.0 Å². The molecule has 2 aromatic rings. The van der Waals surface area contributed by atoms with Crippen molar-refractivity contribution in [1.82, 2.24) is 15.5 Å². The second-order valence-electron chi connectivity index (χ2n) is 14.3. The summed E-state index contributed by atoms with van der Waals surface area (Å²) in [6.07, 6.45) is 4.95. The summed E-state index contributed by atoms with van der Waals surface area (Å²) >= 11 is 0. The molecule has 0 saturated carbocycles. The SMILES string of the molecule is CCCCCCCCN(C(=O)C(CO)NC(=O)OC(C)(C)C)C(C(=O)NC(Cc1ccccc1)C(=O)OC(C)(C)C)c1cccc(C)c1. The van der Waals surface area contributed by atoms with Crippen molar-refractivity contribution in [1.29, 1.82) is 0 Å². The van der Waals surface area contributed by atoms with Crippen molar-refractivity contribution in [2.24, 2.45) is 0 Å². The van der Waals surface area contributed by atoms with E-state index in [1.54, 1.807) is 53.7 Å². The number of hydrogen-bond acceptors (Lipinski definition) is 7. The number of hydrogen-bond donors (Lipinski definition) is 3. The second kappa shape index (κ2) is 19.2. The van der Waals surface area contributed by atoms with E-state index in [1.165, 1.54) is 4.90 Å². The van der Waals surface area contributed by atoms with Crippen molar-refractivity contribution in [3.8, 4) is 0 Å². The number of amides is 3. The molecule has 0 radical (unpaired) electrons. The maximum Gasteiger partial charge on any atom is 0.408 e. The predicted molar refractivity (Wildman–Crippen MR) is 187 cm³/mol. The Morgan fingerprint density at radius 1 is 0.792 bits per heavy atom. The van der Waals surface area contributed by atoms with Crippen molar-refractivity contribution in [2.45, 2.75) is 130 Å². The van der Waals surface area contributed by atoms with E-state index in [9.17, 15) is 24.3 Å². The van der Waals surface area contributed by atoms with Crippen LogP contribution >= 0.6 is 0 Å². The smallest absolute Gasteiger partial charge is 0.408 e. The van der Waals surface area contributed by atoms with Gasteiger partial charge >= 0.3 is 12.1 Å². The minimum Gasteiger partial charge on any atom is -0.458 e. The molecule has 10 heteroatoms. The lowest BCUT2D eigenvalue weighted by molar-refractivity contribution is -0.159. The number of rotatable bonds is 17. The number of alkyl carbamates (subject to hydrolysis) is 1. The van der Waals surface area contributed by atoms with Gasteiger partial charge in [0.1, 0.15) is 29.3 Å². The highest BCUT2D eigenvalue weighted by Crippen LogP contribution is 2.25. The van der Waals surface area contributed by atoms with E-state index in [1.807, 2.05) is 49.4 Å². The van der Waals surface area contributed by atoms with E-state index in [2.05, 4.69) is 17.6 Å². The molecule has 0 aromatic heterocycles. The van der Waals surface area contributed by atoms with Gasteiger partial charge in [-0.05, 0) is 66.0 Å². The van der Waals surface area contributed by atoms with Crippen LogP contribution in [-0.4, -0.2) is 70.3 Å². The molecule has 0 bridgehead atoms. The number of carbonyl (C=O) groups is 4. The molecule has 3 unspecified atom stereocenters. The fourth-order valence-electron chi connectivity index (χ4n) is 5.24. The molecule has 3 N–H and O–H groups in total. The van der Waals surface area contributed by atoms with Crippen molar-refractivity contribution >= 4 is 23.9 Å². The fraction of sp³-hybridized carbons (Fsp3) is 0.579. The summed E-state index contributed by atoms with van der Waals surface area (Å²) in [7, 11) is 0. The quantitative estimate of drug-likeness (QED) is 0.136. The monoisotopic (exact) mass is 667 g/mol. The van der Waals surface area contributed by atoms with Crippen molar-refractivity contribution in [3.63, 3.8) is 0 Å². The summed E-state index contributed by atoms with van der Waals surface area (Å²) < 4.78 is 11.1. The van der Waals surface area contributed by atoms with Crippen LogP contribution in [0.5, 0.6) is 0 Å². The summed E-state index contributed by atoms with van der Waals surface area (Å²) in [5.74, 6) is -1.83. The molecule has 266 valence electrons. The first-order chi connectivity index (χ1) is 22.5. The summed E-state index contributed by atoms with van der Waals surface area (Å²) in [6.45, 7) is 13.9. The lowest BCUT2D eigenvalue weighted by Gasteiger charge is -2.35. The molecule has 10 nitrogen and oxygen atoms in total. The fourth-order valence-corrected chi connectivity index (χ4v) is 5.24. The van der Waals surface area contributed by atoms with Crippen LogP contribution < -0.4 is 10.6 Å². The number of aryl methyl sites for hydroxylation is 1. The Labute approximate surface area is 287 Å². The van der Waals surface area contributed by atoms with Gasteiger partial charge in [-0.2, -0.15) is 0 Å². The van der Waals surface area contributed by atoms with E-state index < -0.39 is 59.8 Å². The second-order valence-corrected chi connectivity index (χ2v) is 14.3. The topological polar surface area (TPSA) is 134 Å². The Hall–Kier alpha value is -3.92. The summed E-state index contributed by atoms with van der Waals surface area (Å²) in [5.41, 5.74) is 0.598. The highest BCUT2D eigenvalue weighted by molar-refractivity contribution is 5.94. The molecule has 0 heterocycles. The molecule has 0 spiro atoms. The maximum absolute atomic E-state index is 14.5. The molecule has 2 rings (SSSR count). The van der Waals surface area contributed by atoms with Crippen molar-refractivity contribution < 1.29 is 33.8 Å². The van der Waals surface area contributed by atoms with Crippen molar-refractivity contribution in [2.75, 3.05) is 13.2 Å². The number of aliphatic hydroxyl groups is 1. The molecule has 2 aromatic carbocycles. The molecular weight excluding hydrogens is 610 g/mol. The first kappa shape index (κ1) is 40.3.